The fourth-order valence-electron chi connectivity index (χ4n) is 4.39. The summed E-state index contributed by atoms with van der Waals surface area (Å²) < 4.78 is 1.69. The third-order valence-electron chi connectivity index (χ3n) is 5.56. The maximum atomic E-state index is 13.5. The Morgan fingerprint density at radius 3 is 2.50 bits per heavy atom. The van der Waals surface area contributed by atoms with Gasteiger partial charge in [0.05, 0.1) is 5.52 Å². The van der Waals surface area contributed by atoms with Crippen LogP contribution < -0.4 is 0 Å². The zero-order valence-corrected chi connectivity index (χ0v) is 15.4. The highest BCUT2D eigenvalue weighted by atomic mass is 35.5. The molecule has 1 aromatic heterocycles. The summed E-state index contributed by atoms with van der Waals surface area (Å²) in [5.74, 6) is -0.774. The highest BCUT2D eigenvalue weighted by molar-refractivity contribution is 6.51. The third kappa shape index (κ3) is 1.90. The molecule has 0 saturated carbocycles. The molecule has 5 heteroatoms. The van der Waals surface area contributed by atoms with Crippen molar-refractivity contribution in [3.8, 4) is 0 Å². The van der Waals surface area contributed by atoms with Crippen LogP contribution in [0.3, 0.4) is 0 Å². The van der Waals surface area contributed by atoms with Crippen molar-refractivity contribution in [2.75, 3.05) is 0 Å². The van der Waals surface area contributed by atoms with Crippen LogP contribution in [0, 0.1) is 0 Å². The molecule has 0 fully saturated rings. The number of carbonyl (C=O) groups is 2. The minimum atomic E-state index is -1.75. The van der Waals surface area contributed by atoms with Crippen LogP contribution >= 0.6 is 23.2 Å². The van der Waals surface area contributed by atoms with Gasteiger partial charge >= 0.3 is 0 Å². The maximum absolute atomic E-state index is 13.5. The summed E-state index contributed by atoms with van der Waals surface area (Å²) in [6.07, 6.45) is 3.79. The number of alkyl halides is 1. The van der Waals surface area contributed by atoms with E-state index in [1.165, 1.54) is 0 Å². The number of fused-ring (bicyclic) bond motifs is 3. The Morgan fingerprint density at radius 2 is 1.73 bits per heavy atom. The number of aromatic nitrogens is 1. The monoisotopic (exact) mass is 383 g/mol. The molecular weight excluding hydrogens is 369 g/mol. The molecule has 1 atom stereocenters. The average molecular weight is 384 g/mol. The lowest BCUT2D eigenvalue weighted by Gasteiger charge is -2.31. The van der Waals surface area contributed by atoms with E-state index in [4.69, 9.17) is 23.2 Å². The fraction of sp³-hybridized carbons (Fsp3) is 0.238. The number of halogens is 2. The molecule has 1 aliphatic heterocycles. The van der Waals surface area contributed by atoms with E-state index in [1.54, 1.807) is 34.9 Å². The van der Waals surface area contributed by atoms with Gasteiger partial charge in [0, 0.05) is 21.7 Å². The topological polar surface area (TPSA) is 39.1 Å². The van der Waals surface area contributed by atoms with Crippen LogP contribution in [-0.2, 0) is 17.7 Å². The van der Waals surface area contributed by atoms with Crippen LogP contribution in [0.25, 0.3) is 10.9 Å². The summed E-state index contributed by atoms with van der Waals surface area (Å²) in [6.45, 7) is 0. The summed E-state index contributed by atoms with van der Waals surface area (Å²) in [5.41, 5.74) is 3.70. The van der Waals surface area contributed by atoms with Gasteiger partial charge in [-0.1, -0.05) is 53.5 Å². The molecule has 2 heterocycles. The molecule has 0 amide bonds. The Labute approximate surface area is 160 Å². The van der Waals surface area contributed by atoms with Gasteiger partial charge in [0.25, 0.3) is 5.91 Å². The second-order valence-corrected chi connectivity index (χ2v) is 7.98. The molecule has 3 nitrogen and oxygen atoms in total. The first-order valence-corrected chi connectivity index (χ1v) is 9.49. The van der Waals surface area contributed by atoms with Crippen molar-refractivity contribution in [1.29, 1.82) is 0 Å². The van der Waals surface area contributed by atoms with E-state index in [9.17, 15) is 9.59 Å². The largest absolute Gasteiger partial charge is 0.291 e. The lowest BCUT2D eigenvalue weighted by Crippen LogP contribution is -2.45. The molecule has 0 bridgehead atoms. The molecule has 130 valence electrons. The highest BCUT2D eigenvalue weighted by Gasteiger charge is 2.52. The number of ketones is 1. The summed E-state index contributed by atoms with van der Waals surface area (Å²) in [4.78, 5) is 25.2. The van der Waals surface area contributed by atoms with Gasteiger partial charge in [0.2, 0.25) is 4.87 Å². The van der Waals surface area contributed by atoms with Gasteiger partial charge in [-0.05, 0) is 48.9 Å². The molecule has 1 aliphatic carbocycles. The van der Waals surface area contributed by atoms with E-state index in [0.29, 0.717) is 21.7 Å². The number of Topliss-reactive ketones (excluding diaryl/α,β-unsaturated/α-hetero) is 1. The van der Waals surface area contributed by atoms with E-state index < -0.39 is 10.7 Å². The number of carbonyl (C=O) groups excluding carboxylic acids is 2. The summed E-state index contributed by atoms with van der Waals surface area (Å²) >= 11 is 13.1. The van der Waals surface area contributed by atoms with E-state index in [2.05, 4.69) is 0 Å². The van der Waals surface area contributed by atoms with E-state index in [1.807, 2.05) is 12.1 Å². The van der Waals surface area contributed by atoms with Crippen molar-refractivity contribution in [3.63, 3.8) is 0 Å². The Balaban J connectivity index is 1.90. The van der Waals surface area contributed by atoms with Crippen molar-refractivity contribution >= 4 is 45.8 Å². The number of benzene rings is 2. The molecule has 3 aromatic rings. The maximum Gasteiger partial charge on any atom is 0.265 e. The second kappa shape index (κ2) is 5.45. The minimum absolute atomic E-state index is 0.377. The third-order valence-corrected chi connectivity index (χ3v) is 6.33. The van der Waals surface area contributed by atoms with Gasteiger partial charge in [0.15, 0.2) is 5.78 Å². The summed E-state index contributed by atoms with van der Waals surface area (Å²) in [5, 5.41) is 1.41. The molecule has 5 rings (SSSR count). The van der Waals surface area contributed by atoms with Gasteiger partial charge in [-0.3, -0.25) is 14.2 Å². The second-order valence-electron chi connectivity index (χ2n) is 6.98. The standard InChI is InChI=1S/C21H15Cl2NO2/c22-13-10-15-14-8-4-5-9-17(14)24-18(15)16(11-13)19(25)21(23,20(24)26)12-6-2-1-3-7-12/h1-3,6-7,10-11H,4-5,8-9H2. The molecule has 26 heavy (non-hydrogen) atoms. The zero-order chi connectivity index (χ0) is 18.1. The van der Waals surface area contributed by atoms with Crippen molar-refractivity contribution in [1.82, 2.24) is 4.57 Å². The Hall–Kier alpha value is -2.10. The molecular formula is C21H15Cl2NO2. The molecule has 0 radical (unpaired) electrons. The first-order valence-electron chi connectivity index (χ1n) is 8.73. The van der Waals surface area contributed by atoms with Crippen LogP contribution in [0.2, 0.25) is 5.02 Å². The minimum Gasteiger partial charge on any atom is -0.291 e. The van der Waals surface area contributed by atoms with Crippen LogP contribution in [0.1, 0.15) is 44.8 Å². The zero-order valence-electron chi connectivity index (χ0n) is 13.9. The van der Waals surface area contributed by atoms with Crippen molar-refractivity contribution < 1.29 is 9.59 Å². The van der Waals surface area contributed by atoms with Crippen molar-refractivity contribution in [2.45, 2.75) is 30.6 Å². The SMILES string of the molecule is O=C1c2cc(Cl)cc3c4c(n(c23)C(=O)C1(Cl)c1ccccc1)CCCC4. The molecule has 1 unspecified atom stereocenters. The van der Waals surface area contributed by atoms with Crippen LogP contribution in [0.5, 0.6) is 0 Å². The van der Waals surface area contributed by atoms with Crippen LogP contribution in [-0.4, -0.2) is 16.3 Å². The van der Waals surface area contributed by atoms with Gasteiger partial charge in [-0.2, -0.15) is 0 Å². The van der Waals surface area contributed by atoms with Gasteiger partial charge in [-0.25, -0.2) is 0 Å². The lowest BCUT2D eigenvalue weighted by molar-refractivity contribution is 0.0766. The van der Waals surface area contributed by atoms with Gasteiger partial charge in [0.1, 0.15) is 0 Å². The lowest BCUT2D eigenvalue weighted by atomic mass is 9.85. The quantitative estimate of drug-likeness (QED) is 0.430. The molecule has 0 saturated heterocycles. The Kier molecular flexibility index (Phi) is 3.37. The number of hydrogen-bond acceptors (Lipinski definition) is 2. The highest BCUT2D eigenvalue weighted by Crippen LogP contribution is 2.45. The van der Waals surface area contributed by atoms with E-state index >= 15 is 0 Å². The Bertz CT molecular complexity index is 1100. The van der Waals surface area contributed by atoms with Crippen molar-refractivity contribution in [3.05, 3.63) is 69.9 Å². The molecule has 2 aliphatic rings. The number of nitrogens with zero attached hydrogens (tertiary/aromatic N) is 1. The van der Waals surface area contributed by atoms with Crippen LogP contribution in [0.4, 0.5) is 0 Å². The Morgan fingerprint density at radius 1 is 1.00 bits per heavy atom. The number of hydrogen-bond donors (Lipinski definition) is 0. The molecule has 0 N–H and O–H groups in total. The van der Waals surface area contributed by atoms with Crippen LogP contribution in [0.15, 0.2) is 42.5 Å². The van der Waals surface area contributed by atoms with E-state index in [-0.39, 0.29) is 5.91 Å². The number of rotatable bonds is 1. The summed E-state index contributed by atoms with van der Waals surface area (Å²) in [7, 11) is 0. The molecule has 2 aromatic carbocycles. The predicted octanol–water partition coefficient (Wildman–Crippen LogP) is 5.14. The van der Waals surface area contributed by atoms with E-state index in [0.717, 1.165) is 42.3 Å². The average Bonchev–Trinajstić information content (AvgIpc) is 3.00. The van der Waals surface area contributed by atoms with Gasteiger partial charge < -0.3 is 0 Å². The smallest absolute Gasteiger partial charge is 0.265 e. The van der Waals surface area contributed by atoms with Gasteiger partial charge in [-0.15, -0.1) is 0 Å². The normalized spacial score (nSPS) is 21.9. The fourth-order valence-corrected chi connectivity index (χ4v) is 4.92. The van der Waals surface area contributed by atoms with Crippen molar-refractivity contribution in [2.24, 2.45) is 0 Å². The number of aryl methyl sites for hydroxylation is 1. The molecule has 0 spiro atoms. The first-order chi connectivity index (χ1) is 12.5. The first kappa shape index (κ1) is 16.1. The summed E-state index contributed by atoms with van der Waals surface area (Å²) in [6, 6.07) is 12.4. The predicted molar refractivity (Wildman–Crippen MR) is 103 cm³/mol.